The molecule has 4 aliphatic rings. The van der Waals surface area contributed by atoms with E-state index in [9.17, 15) is 5.11 Å². The molecule has 2 bridgehead atoms. The van der Waals surface area contributed by atoms with E-state index in [1.807, 2.05) is 13.0 Å². The number of aliphatic hydroxyl groups excluding tert-OH is 1. The lowest BCUT2D eigenvalue weighted by Gasteiger charge is -2.53. The van der Waals surface area contributed by atoms with Crippen molar-refractivity contribution in [2.45, 2.75) is 63.1 Å². The Kier molecular flexibility index (Phi) is 5.10. The lowest BCUT2D eigenvalue weighted by molar-refractivity contribution is -0.560. The largest absolute Gasteiger partial charge is 0.396 e. The van der Waals surface area contributed by atoms with Crippen LogP contribution in [-0.4, -0.2) is 36.5 Å². The Bertz CT molecular complexity index is 606. The zero-order chi connectivity index (χ0) is 18.2. The highest BCUT2D eigenvalue weighted by atomic mass is 17.3. The van der Waals surface area contributed by atoms with Gasteiger partial charge in [0.2, 0.25) is 5.79 Å². The maximum atomic E-state index is 9.58. The molecule has 0 radical (unpaired) electrons. The highest BCUT2D eigenvalue weighted by Crippen LogP contribution is 2.57. The fourth-order valence-electron chi connectivity index (χ4n) is 5.38. The van der Waals surface area contributed by atoms with Crippen LogP contribution in [0.5, 0.6) is 0 Å². The second-order valence-electron chi connectivity index (χ2n) is 8.18. The number of hydrogen-bond donors (Lipinski definition) is 1. The summed E-state index contributed by atoms with van der Waals surface area (Å²) < 4.78 is 12.2. The minimum absolute atomic E-state index is 0.143. The molecule has 6 atom stereocenters. The van der Waals surface area contributed by atoms with Crippen molar-refractivity contribution in [2.24, 2.45) is 17.8 Å². The van der Waals surface area contributed by atoms with Gasteiger partial charge < -0.3 is 14.6 Å². The van der Waals surface area contributed by atoms with E-state index < -0.39 is 17.7 Å². The van der Waals surface area contributed by atoms with E-state index >= 15 is 0 Å². The maximum absolute atomic E-state index is 9.58. The van der Waals surface area contributed by atoms with Crippen molar-refractivity contribution in [1.29, 1.82) is 0 Å². The summed E-state index contributed by atoms with van der Waals surface area (Å²) in [5.41, 5.74) is 0.655. The summed E-state index contributed by atoms with van der Waals surface area (Å²) in [5.74, 6) is -0.167. The van der Waals surface area contributed by atoms with Gasteiger partial charge >= 0.3 is 0 Å². The standard InChI is InChI=1S/C21H30O5/c1-20-18(13-15-7-4-3-5-8-15)14-17-10-6-9-16(11-12-22)21(17,26-25-20)19(23-2)24-20/h3-5,7-8,16-19,22H,6,9-14H2,1-2H3/t16-,17+,18+,19-,20+,21-/m0/s1. The van der Waals surface area contributed by atoms with E-state index in [1.54, 1.807) is 7.11 Å². The van der Waals surface area contributed by atoms with Crippen molar-refractivity contribution in [3.05, 3.63) is 35.9 Å². The van der Waals surface area contributed by atoms with E-state index in [0.717, 1.165) is 32.1 Å². The average molecular weight is 362 g/mol. The van der Waals surface area contributed by atoms with Gasteiger partial charge in [-0.1, -0.05) is 36.8 Å². The van der Waals surface area contributed by atoms with Gasteiger partial charge in [-0.2, -0.15) is 0 Å². The van der Waals surface area contributed by atoms with E-state index in [0.29, 0.717) is 12.3 Å². The van der Waals surface area contributed by atoms with E-state index in [-0.39, 0.29) is 18.4 Å². The molecule has 0 amide bonds. The third kappa shape index (κ3) is 2.90. The Labute approximate surface area is 155 Å². The van der Waals surface area contributed by atoms with Crippen LogP contribution in [0.1, 0.15) is 44.6 Å². The number of methoxy groups -OCH3 is 1. The molecule has 144 valence electrons. The molecule has 3 saturated heterocycles. The van der Waals surface area contributed by atoms with Crippen LogP contribution >= 0.6 is 0 Å². The first-order valence-electron chi connectivity index (χ1n) is 9.84. The molecule has 5 nitrogen and oxygen atoms in total. The van der Waals surface area contributed by atoms with Crippen LogP contribution in [0.3, 0.4) is 0 Å². The lowest BCUT2D eigenvalue weighted by Crippen LogP contribution is -2.63. The Hall–Kier alpha value is -0.980. The molecule has 1 aromatic carbocycles. The third-order valence-electron chi connectivity index (χ3n) is 6.77. The van der Waals surface area contributed by atoms with E-state index in [4.69, 9.17) is 19.2 Å². The van der Waals surface area contributed by atoms with Crippen molar-refractivity contribution in [3.8, 4) is 0 Å². The first kappa shape index (κ1) is 18.4. The number of benzene rings is 1. The van der Waals surface area contributed by atoms with Crippen LogP contribution in [0.4, 0.5) is 0 Å². The Morgan fingerprint density at radius 2 is 1.96 bits per heavy atom. The summed E-state index contributed by atoms with van der Waals surface area (Å²) in [6.45, 7) is 2.11. The van der Waals surface area contributed by atoms with Crippen LogP contribution in [0.15, 0.2) is 30.3 Å². The van der Waals surface area contributed by atoms with Crippen molar-refractivity contribution >= 4 is 0 Å². The van der Waals surface area contributed by atoms with Gasteiger partial charge in [0, 0.05) is 19.6 Å². The third-order valence-corrected chi connectivity index (χ3v) is 6.77. The molecule has 3 aliphatic heterocycles. The minimum Gasteiger partial charge on any atom is -0.396 e. The molecular formula is C21H30O5. The van der Waals surface area contributed by atoms with Crippen LogP contribution < -0.4 is 0 Å². The quantitative estimate of drug-likeness (QED) is 0.813. The molecule has 26 heavy (non-hydrogen) atoms. The number of rotatable bonds is 5. The monoisotopic (exact) mass is 362 g/mol. The van der Waals surface area contributed by atoms with Crippen LogP contribution in [0, 0.1) is 17.8 Å². The van der Waals surface area contributed by atoms with Crippen molar-refractivity contribution < 1.29 is 24.4 Å². The number of aliphatic hydroxyl groups is 1. The highest BCUT2D eigenvalue weighted by molar-refractivity contribution is 5.17. The summed E-state index contributed by atoms with van der Waals surface area (Å²) in [6, 6.07) is 10.5. The maximum Gasteiger partial charge on any atom is 0.204 e. The second-order valence-corrected chi connectivity index (χ2v) is 8.18. The van der Waals surface area contributed by atoms with Crippen molar-refractivity contribution in [2.75, 3.05) is 13.7 Å². The Balaban J connectivity index is 1.68. The van der Waals surface area contributed by atoms with Crippen LogP contribution in [0.2, 0.25) is 0 Å². The van der Waals surface area contributed by atoms with E-state index in [2.05, 4.69) is 24.3 Å². The molecular weight excluding hydrogens is 332 g/mol. The molecule has 5 rings (SSSR count). The number of ether oxygens (including phenoxy) is 2. The highest BCUT2D eigenvalue weighted by Gasteiger charge is 2.65. The molecule has 3 heterocycles. The van der Waals surface area contributed by atoms with Gasteiger partial charge in [-0.05, 0) is 56.4 Å². The normalized spacial score (nSPS) is 42.3. The molecule has 1 saturated carbocycles. The SMILES string of the molecule is CO[C@H]1O[C@]2(C)OO[C@]13[C@H](CCO)CCC[C@@H]3C[C@H]2Cc1ccccc1. The first-order chi connectivity index (χ1) is 12.6. The zero-order valence-corrected chi connectivity index (χ0v) is 15.7. The Morgan fingerprint density at radius 1 is 1.15 bits per heavy atom. The fourth-order valence-corrected chi connectivity index (χ4v) is 5.38. The molecule has 1 spiro atoms. The second kappa shape index (κ2) is 7.21. The van der Waals surface area contributed by atoms with Crippen LogP contribution in [-0.2, 0) is 25.7 Å². The molecule has 0 aromatic heterocycles. The summed E-state index contributed by atoms with van der Waals surface area (Å²) in [4.78, 5) is 12.1. The number of fused-ring (bicyclic) bond motifs is 3. The number of hydrogen-bond acceptors (Lipinski definition) is 5. The smallest absolute Gasteiger partial charge is 0.204 e. The van der Waals surface area contributed by atoms with Gasteiger partial charge in [0.15, 0.2) is 11.9 Å². The summed E-state index contributed by atoms with van der Waals surface area (Å²) in [6.07, 6.45) is 5.31. The van der Waals surface area contributed by atoms with Gasteiger partial charge in [-0.25, -0.2) is 9.78 Å². The van der Waals surface area contributed by atoms with Crippen molar-refractivity contribution in [3.63, 3.8) is 0 Å². The summed E-state index contributed by atoms with van der Waals surface area (Å²) in [5, 5.41) is 9.58. The van der Waals surface area contributed by atoms with Gasteiger partial charge in [0.05, 0.1) is 0 Å². The molecule has 1 N–H and O–H groups in total. The first-order valence-corrected chi connectivity index (χ1v) is 9.84. The predicted octanol–water partition coefficient (Wildman–Crippen LogP) is 3.45. The lowest BCUT2D eigenvalue weighted by atomic mass is 9.64. The average Bonchev–Trinajstić information content (AvgIpc) is 2.84. The molecule has 1 aromatic rings. The zero-order valence-electron chi connectivity index (χ0n) is 15.7. The molecule has 0 unspecified atom stereocenters. The van der Waals surface area contributed by atoms with Gasteiger partial charge in [0.1, 0.15) is 0 Å². The minimum atomic E-state index is -0.830. The summed E-state index contributed by atoms with van der Waals surface area (Å²) in [7, 11) is 1.68. The van der Waals surface area contributed by atoms with Gasteiger partial charge in [0.25, 0.3) is 0 Å². The molecule has 5 heteroatoms. The van der Waals surface area contributed by atoms with E-state index in [1.165, 1.54) is 5.56 Å². The predicted molar refractivity (Wildman–Crippen MR) is 96.0 cm³/mol. The van der Waals surface area contributed by atoms with Gasteiger partial charge in [-0.15, -0.1) is 0 Å². The molecule has 4 fully saturated rings. The van der Waals surface area contributed by atoms with Crippen LogP contribution in [0.25, 0.3) is 0 Å². The summed E-state index contributed by atoms with van der Waals surface area (Å²) >= 11 is 0. The van der Waals surface area contributed by atoms with Crippen molar-refractivity contribution in [1.82, 2.24) is 0 Å². The Morgan fingerprint density at radius 3 is 2.69 bits per heavy atom. The topological polar surface area (TPSA) is 57.2 Å². The molecule has 1 aliphatic carbocycles. The van der Waals surface area contributed by atoms with Gasteiger partial charge in [-0.3, -0.25) is 0 Å². The fraction of sp³-hybridized carbons (Fsp3) is 0.714.